The summed E-state index contributed by atoms with van der Waals surface area (Å²) in [6, 6.07) is 4.54. The van der Waals surface area contributed by atoms with E-state index in [0.717, 1.165) is 0 Å². The molecule has 0 fully saturated rings. The third-order valence-corrected chi connectivity index (χ3v) is 2.01. The molecule has 0 unspecified atom stereocenters. The molecule has 6 heteroatoms. The van der Waals surface area contributed by atoms with Gasteiger partial charge in [0.1, 0.15) is 5.56 Å². The average molecular weight is 205 g/mol. The van der Waals surface area contributed by atoms with Crippen LogP contribution in [-0.2, 0) is 0 Å². The van der Waals surface area contributed by atoms with Gasteiger partial charge >= 0.3 is 0 Å². The molecule has 76 valence electrons. The van der Waals surface area contributed by atoms with Crippen molar-refractivity contribution in [2.45, 2.75) is 0 Å². The van der Waals surface area contributed by atoms with Gasteiger partial charge in [0.2, 0.25) is 0 Å². The Labute approximate surface area is 83.5 Å². The van der Waals surface area contributed by atoms with Gasteiger partial charge in [0, 0.05) is 11.6 Å². The van der Waals surface area contributed by atoms with E-state index in [1.165, 1.54) is 12.3 Å². The number of fused-ring (bicyclic) bond motifs is 1. The first-order valence-corrected chi connectivity index (χ1v) is 4.11. The number of carbonyl (C=O) groups is 1. The van der Waals surface area contributed by atoms with Crippen LogP contribution in [0.1, 0.15) is 10.4 Å². The van der Waals surface area contributed by atoms with Crippen molar-refractivity contribution in [2.75, 3.05) is 0 Å². The Balaban J connectivity index is 2.95. The highest BCUT2D eigenvalue weighted by atomic mass is 16.5. The molecule has 0 aromatic carbocycles. The number of hydrogen-bond donors (Lipinski definition) is 2. The molecular weight excluding hydrogens is 198 g/mol. The Morgan fingerprint density at radius 2 is 2.27 bits per heavy atom. The molecule has 0 atom stereocenters. The van der Waals surface area contributed by atoms with Crippen LogP contribution in [0.15, 0.2) is 29.2 Å². The third-order valence-electron chi connectivity index (χ3n) is 2.01. The molecule has 0 spiro atoms. The van der Waals surface area contributed by atoms with Crippen molar-refractivity contribution < 1.29 is 10.0 Å². The molecule has 2 heterocycles. The summed E-state index contributed by atoms with van der Waals surface area (Å²) in [5.41, 5.74) is 3.95. The van der Waals surface area contributed by atoms with Crippen molar-refractivity contribution in [2.24, 2.45) is 5.73 Å². The summed E-state index contributed by atoms with van der Waals surface area (Å²) in [7, 11) is 0. The first kappa shape index (κ1) is 9.20. The lowest BCUT2D eigenvalue weighted by molar-refractivity contribution is 0.0993. The summed E-state index contributed by atoms with van der Waals surface area (Å²) in [6.45, 7) is 0. The van der Waals surface area contributed by atoms with Gasteiger partial charge in [-0.1, -0.05) is 0 Å². The lowest BCUT2D eigenvalue weighted by Crippen LogP contribution is -2.28. The summed E-state index contributed by atoms with van der Waals surface area (Å²) in [6.07, 6.45) is 1.43. The topological polar surface area (TPSA) is 98.2 Å². The largest absolute Gasteiger partial charge is 0.423 e. The van der Waals surface area contributed by atoms with Crippen molar-refractivity contribution in [3.63, 3.8) is 0 Å². The number of aromatic nitrogens is 2. The standard InChI is InChI=1S/C9H7N3O3/c10-7(13)6-4-5-2-1-3-11-8(5)12(15)9(6)14/h1-4,15H,(H2,10,13). The molecule has 1 amide bonds. The second kappa shape index (κ2) is 3.09. The highest BCUT2D eigenvalue weighted by molar-refractivity contribution is 5.95. The van der Waals surface area contributed by atoms with Crippen LogP contribution >= 0.6 is 0 Å². The predicted octanol–water partition coefficient (Wildman–Crippen LogP) is -0.267. The summed E-state index contributed by atoms with van der Waals surface area (Å²) >= 11 is 0. The van der Waals surface area contributed by atoms with Crippen molar-refractivity contribution >= 4 is 16.9 Å². The molecular formula is C9H7N3O3. The molecule has 2 aromatic heterocycles. The summed E-state index contributed by atoms with van der Waals surface area (Å²) in [5, 5.41) is 9.89. The van der Waals surface area contributed by atoms with E-state index in [0.29, 0.717) is 10.1 Å². The van der Waals surface area contributed by atoms with Crippen molar-refractivity contribution in [1.82, 2.24) is 9.71 Å². The number of amides is 1. The molecule has 0 aliphatic heterocycles. The zero-order valence-corrected chi connectivity index (χ0v) is 7.54. The Morgan fingerprint density at radius 3 is 2.93 bits per heavy atom. The molecule has 2 rings (SSSR count). The van der Waals surface area contributed by atoms with Crippen molar-refractivity contribution in [3.05, 3.63) is 40.3 Å². The van der Waals surface area contributed by atoms with Gasteiger partial charge in [-0.2, -0.15) is 0 Å². The van der Waals surface area contributed by atoms with Gasteiger partial charge < -0.3 is 10.9 Å². The zero-order valence-electron chi connectivity index (χ0n) is 7.54. The summed E-state index contributed by atoms with van der Waals surface area (Å²) < 4.78 is 0.315. The number of primary amides is 1. The minimum Gasteiger partial charge on any atom is -0.423 e. The van der Waals surface area contributed by atoms with Crippen LogP contribution in [0.5, 0.6) is 0 Å². The van der Waals surface area contributed by atoms with Crippen LogP contribution in [0.4, 0.5) is 0 Å². The van der Waals surface area contributed by atoms with Gasteiger partial charge in [0.25, 0.3) is 11.5 Å². The lowest BCUT2D eigenvalue weighted by atomic mass is 10.2. The molecule has 0 saturated heterocycles. The van der Waals surface area contributed by atoms with E-state index in [4.69, 9.17) is 5.73 Å². The summed E-state index contributed by atoms with van der Waals surface area (Å²) in [5.74, 6) is -0.881. The molecule has 15 heavy (non-hydrogen) atoms. The first-order chi connectivity index (χ1) is 7.11. The van der Waals surface area contributed by atoms with E-state index < -0.39 is 11.5 Å². The highest BCUT2D eigenvalue weighted by Crippen LogP contribution is 2.08. The molecule has 3 N–H and O–H groups in total. The van der Waals surface area contributed by atoms with Gasteiger partial charge in [-0.3, -0.25) is 9.59 Å². The Hall–Kier alpha value is -2.37. The van der Waals surface area contributed by atoms with Crippen LogP contribution in [0.25, 0.3) is 11.0 Å². The number of nitrogens with two attached hydrogens (primary N) is 1. The zero-order chi connectivity index (χ0) is 11.0. The average Bonchev–Trinajstić information content (AvgIpc) is 2.23. The fraction of sp³-hybridized carbons (Fsp3) is 0. The van der Waals surface area contributed by atoms with Crippen LogP contribution in [-0.4, -0.2) is 20.8 Å². The number of carbonyl (C=O) groups excluding carboxylic acids is 1. The smallest absolute Gasteiger partial charge is 0.297 e. The van der Waals surface area contributed by atoms with Gasteiger partial charge in [-0.25, -0.2) is 4.98 Å². The Bertz CT molecular complexity index is 603. The van der Waals surface area contributed by atoms with Gasteiger partial charge in [0.05, 0.1) is 0 Å². The van der Waals surface area contributed by atoms with Gasteiger partial charge in [-0.05, 0) is 18.2 Å². The minimum absolute atomic E-state index is 0.0903. The normalized spacial score (nSPS) is 10.4. The van der Waals surface area contributed by atoms with E-state index in [1.54, 1.807) is 12.1 Å². The van der Waals surface area contributed by atoms with E-state index in [-0.39, 0.29) is 11.2 Å². The lowest BCUT2D eigenvalue weighted by Gasteiger charge is -2.03. The molecule has 0 aliphatic carbocycles. The summed E-state index contributed by atoms with van der Waals surface area (Å²) in [4.78, 5) is 26.1. The quantitative estimate of drug-likeness (QED) is 0.626. The number of rotatable bonds is 1. The monoisotopic (exact) mass is 205 g/mol. The van der Waals surface area contributed by atoms with Gasteiger partial charge in [0.15, 0.2) is 5.65 Å². The molecule has 0 saturated carbocycles. The van der Waals surface area contributed by atoms with Crippen LogP contribution in [0.2, 0.25) is 0 Å². The van der Waals surface area contributed by atoms with Crippen LogP contribution in [0.3, 0.4) is 0 Å². The van der Waals surface area contributed by atoms with Crippen molar-refractivity contribution in [3.8, 4) is 0 Å². The van der Waals surface area contributed by atoms with Crippen LogP contribution in [0, 0.1) is 0 Å². The molecule has 6 nitrogen and oxygen atoms in total. The van der Waals surface area contributed by atoms with Crippen LogP contribution < -0.4 is 11.3 Å². The predicted molar refractivity (Wildman–Crippen MR) is 51.7 cm³/mol. The number of nitrogens with zero attached hydrogens (tertiary/aromatic N) is 2. The SMILES string of the molecule is NC(=O)c1cc2cccnc2n(O)c1=O. The molecule has 0 aliphatic rings. The Morgan fingerprint density at radius 1 is 1.53 bits per heavy atom. The highest BCUT2D eigenvalue weighted by Gasteiger charge is 2.12. The van der Waals surface area contributed by atoms with E-state index in [9.17, 15) is 14.8 Å². The third kappa shape index (κ3) is 1.32. The maximum Gasteiger partial charge on any atom is 0.297 e. The maximum atomic E-state index is 11.4. The molecule has 0 bridgehead atoms. The minimum atomic E-state index is -0.881. The molecule has 0 radical (unpaired) electrons. The van der Waals surface area contributed by atoms with E-state index in [1.807, 2.05) is 0 Å². The van der Waals surface area contributed by atoms with Crippen molar-refractivity contribution in [1.29, 1.82) is 0 Å². The Kier molecular flexibility index (Phi) is 1.89. The van der Waals surface area contributed by atoms with E-state index >= 15 is 0 Å². The fourth-order valence-electron chi connectivity index (χ4n) is 1.30. The second-order valence-electron chi connectivity index (χ2n) is 2.96. The maximum absolute atomic E-state index is 11.4. The number of hydrogen-bond acceptors (Lipinski definition) is 4. The second-order valence-corrected chi connectivity index (χ2v) is 2.96. The van der Waals surface area contributed by atoms with Gasteiger partial charge in [-0.15, -0.1) is 4.73 Å². The first-order valence-electron chi connectivity index (χ1n) is 4.11. The number of pyridine rings is 2. The molecule has 2 aromatic rings. The van der Waals surface area contributed by atoms with E-state index in [2.05, 4.69) is 4.98 Å². The fourth-order valence-corrected chi connectivity index (χ4v) is 1.30.